The van der Waals surface area contributed by atoms with Crippen molar-refractivity contribution >= 4 is 28.9 Å². The largest absolute Gasteiger partial charge is 0.793 e. The number of hydrogen-bond acceptors (Lipinski definition) is 4. The van der Waals surface area contributed by atoms with Gasteiger partial charge in [0.25, 0.3) is 0 Å². The monoisotopic (exact) mass is 413 g/mol. The Morgan fingerprint density at radius 3 is 1.64 bits per heavy atom. The molecule has 0 N–H and O–H groups in total. The zero-order valence-corrected chi connectivity index (χ0v) is 20.2. The second-order valence-corrected chi connectivity index (χ2v) is 13.8. The Balaban J connectivity index is 0. The lowest BCUT2D eigenvalue weighted by molar-refractivity contribution is -0.870. The van der Waals surface area contributed by atoms with Crippen LogP contribution in [0.3, 0.4) is 0 Å². The first-order chi connectivity index (χ1) is 11.7. The minimum Gasteiger partial charge on any atom is -0.793 e. The molecule has 0 heterocycles. The van der Waals surface area contributed by atoms with Crippen molar-refractivity contribution in [2.45, 2.75) is 85.0 Å². The molecule has 0 aliphatic heterocycles. The summed E-state index contributed by atoms with van der Waals surface area (Å²) < 4.78 is 5.93. The van der Waals surface area contributed by atoms with Crippen LogP contribution >= 0.6 is 17.1 Å². The van der Waals surface area contributed by atoms with E-state index in [4.69, 9.17) is 4.52 Å². The summed E-state index contributed by atoms with van der Waals surface area (Å²) in [5.41, 5.74) is -2.69. The molecule has 0 aromatic rings. The van der Waals surface area contributed by atoms with Gasteiger partial charge in [-0.3, -0.25) is 0 Å². The van der Waals surface area contributed by atoms with Crippen molar-refractivity contribution in [3.05, 3.63) is 0 Å². The molecule has 0 spiro atoms. The fourth-order valence-electron chi connectivity index (χ4n) is 2.43. The second kappa shape index (κ2) is 18.3. The molecular weight excluding hydrogens is 369 g/mol. The van der Waals surface area contributed by atoms with Gasteiger partial charge >= 0.3 is 0 Å². The number of quaternary nitrogens is 1. The maximum Gasteiger partial charge on any atom is 0.0780 e. The highest BCUT2D eigenvalue weighted by Gasteiger charge is 2.04. The molecule has 1 atom stereocenters. The Labute approximate surface area is 167 Å². The lowest BCUT2D eigenvalue weighted by atomic mass is 10.1. The quantitative estimate of drug-likeness (QED) is 0.188. The lowest BCUT2D eigenvalue weighted by Crippen LogP contribution is -2.35. The summed E-state index contributed by atoms with van der Waals surface area (Å²) in [7, 11) is 6.86. The summed E-state index contributed by atoms with van der Waals surface area (Å²) in [6.07, 6.45) is 14.4. The Bertz CT molecular complexity index is 313. The smallest absolute Gasteiger partial charge is 0.0780 e. The Morgan fingerprint density at radius 1 is 0.840 bits per heavy atom. The van der Waals surface area contributed by atoms with E-state index in [1.54, 1.807) is 6.92 Å². The van der Waals surface area contributed by atoms with Crippen LogP contribution in [0.1, 0.15) is 85.0 Å². The highest BCUT2D eigenvalue weighted by Crippen LogP contribution is 2.51. The zero-order valence-electron chi connectivity index (χ0n) is 17.7. The molecule has 154 valence electrons. The van der Waals surface area contributed by atoms with E-state index in [1.807, 2.05) is 6.92 Å². The third-order valence-electron chi connectivity index (χ3n) is 3.76. The molecule has 1 unspecified atom stereocenters. The predicted molar refractivity (Wildman–Crippen MR) is 119 cm³/mol. The number of rotatable bonds is 15. The second-order valence-electron chi connectivity index (χ2n) is 7.48. The highest BCUT2D eigenvalue weighted by molar-refractivity contribution is 8.67. The summed E-state index contributed by atoms with van der Waals surface area (Å²) in [6.45, 7) is 7.75. The molecule has 0 saturated heterocycles. The number of unbranched alkanes of at least 4 members (excludes halogenated alkanes) is 9. The Hall–Kier alpha value is 0.880. The normalized spacial score (nSPS) is 13.9. The molecule has 25 heavy (non-hydrogen) atoms. The minimum absolute atomic E-state index is 0.438. The van der Waals surface area contributed by atoms with Crippen LogP contribution in [0, 0.1) is 0 Å². The van der Waals surface area contributed by atoms with Gasteiger partial charge in [0, 0.05) is 12.3 Å². The van der Waals surface area contributed by atoms with Crippen LogP contribution in [0.2, 0.25) is 0 Å². The van der Waals surface area contributed by atoms with Crippen molar-refractivity contribution in [2.24, 2.45) is 0 Å². The van der Waals surface area contributed by atoms with Gasteiger partial charge in [-0.25, -0.2) is 0 Å². The molecular formula is C19H44NO2PS2. The van der Waals surface area contributed by atoms with Gasteiger partial charge in [0.15, 0.2) is 0 Å². The van der Waals surface area contributed by atoms with E-state index < -0.39 is 5.69 Å². The van der Waals surface area contributed by atoms with E-state index in [1.165, 1.54) is 82.1 Å². The molecule has 6 heteroatoms. The van der Waals surface area contributed by atoms with Crippen molar-refractivity contribution in [1.82, 2.24) is 0 Å². The molecule has 0 saturated carbocycles. The highest BCUT2D eigenvalue weighted by atomic mass is 32.9. The summed E-state index contributed by atoms with van der Waals surface area (Å²) in [6, 6.07) is 0. The van der Waals surface area contributed by atoms with E-state index in [0.29, 0.717) is 6.61 Å². The first kappa shape index (κ1) is 28.1. The van der Waals surface area contributed by atoms with E-state index in [-0.39, 0.29) is 0 Å². The minimum atomic E-state index is -2.69. The van der Waals surface area contributed by atoms with Crippen LogP contribution in [0.5, 0.6) is 0 Å². The average Bonchev–Trinajstić information content (AvgIpc) is 2.48. The maximum atomic E-state index is 11.0. The average molecular weight is 414 g/mol. The molecule has 0 aliphatic carbocycles. The van der Waals surface area contributed by atoms with Gasteiger partial charge in [0.1, 0.15) is 0 Å². The Morgan fingerprint density at radius 2 is 1.28 bits per heavy atom. The van der Waals surface area contributed by atoms with Crippen LogP contribution in [0.15, 0.2) is 0 Å². The standard InChI is InChI=1S/C15H34N.C4H11O2PS2/c1-5-6-7-8-9-10-11-12-13-14-15-16(2,3)4;1-3-6-7(5,8)9-4-2/h5-15H2,1-4H3;3-4H2,1-2H3,(H,5,8)/q+1;/p-1. The summed E-state index contributed by atoms with van der Waals surface area (Å²) in [5.74, 6) is 0.751. The fraction of sp³-hybridized carbons (Fsp3) is 1.00. The molecule has 0 bridgehead atoms. The summed E-state index contributed by atoms with van der Waals surface area (Å²) in [4.78, 5) is 11.0. The van der Waals surface area contributed by atoms with Gasteiger partial charge in [-0.1, -0.05) is 77.0 Å². The predicted octanol–water partition coefficient (Wildman–Crippen LogP) is 5.97. The van der Waals surface area contributed by atoms with Gasteiger partial charge in [-0.05, 0) is 25.5 Å². The fourth-order valence-corrected chi connectivity index (χ4v) is 5.89. The van der Waals surface area contributed by atoms with Gasteiger partial charge < -0.3 is 13.9 Å². The van der Waals surface area contributed by atoms with E-state index >= 15 is 0 Å². The van der Waals surface area contributed by atoms with E-state index in [9.17, 15) is 4.89 Å². The maximum absolute atomic E-state index is 11.0. The van der Waals surface area contributed by atoms with Crippen molar-refractivity contribution < 1.29 is 13.9 Å². The van der Waals surface area contributed by atoms with Crippen LogP contribution in [-0.4, -0.2) is 44.5 Å². The molecule has 3 nitrogen and oxygen atoms in total. The first-order valence-electron chi connectivity index (χ1n) is 10.1. The van der Waals surface area contributed by atoms with E-state index in [0.717, 1.165) is 10.2 Å². The van der Waals surface area contributed by atoms with Crippen LogP contribution in [0.4, 0.5) is 0 Å². The molecule has 0 aliphatic rings. The number of hydrogen-bond donors (Lipinski definition) is 0. The van der Waals surface area contributed by atoms with Crippen LogP contribution in [0.25, 0.3) is 0 Å². The van der Waals surface area contributed by atoms with Crippen molar-refractivity contribution in [3.8, 4) is 0 Å². The molecule has 0 rings (SSSR count). The van der Waals surface area contributed by atoms with Gasteiger partial charge in [-0.2, -0.15) is 0 Å². The lowest BCUT2D eigenvalue weighted by Gasteiger charge is -2.25. The molecule has 0 fully saturated rings. The molecule has 0 amide bonds. The third-order valence-corrected chi connectivity index (χ3v) is 8.21. The SMILES string of the molecule is CCCCCCCCCCCC[N+](C)(C)C.CCOP([O-])(=S)SCC. The Kier molecular flexibility index (Phi) is 20.5. The van der Waals surface area contributed by atoms with E-state index in [2.05, 4.69) is 39.9 Å². The van der Waals surface area contributed by atoms with Crippen molar-refractivity contribution in [1.29, 1.82) is 0 Å². The first-order valence-corrected chi connectivity index (χ1v) is 14.3. The van der Waals surface area contributed by atoms with Crippen molar-refractivity contribution in [2.75, 3.05) is 40.0 Å². The van der Waals surface area contributed by atoms with Crippen LogP contribution < -0.4 is 4.89 Å². The van der Waals surface area contributed by atoms with Gasteiger partial charge in [0.05, 0.1) is 27.7 Å². The molecule has 0 aromatic heterocycles. The molecule has 0 aromatic carbocycles. The van der Waals surface area contributed by atoms with Crippen molar-refractivity contribution in [3.63, 3.8) is 0 Å². The molecule has 0 radical (unpaired) electrons. The zero-order chi connectivity index (χ0) is 19.6. The van der Waals surface area contributed by atoms with Gasteiger partial charge in [0.2, 0.25) is 0 Å². The number of nitrogens with zero attached hydrogens (tertiary/aromatic N) is 1. The van der Waals surface area contributed by atoms with Crippen LogP contribution in [-0.2, 0) is 16.3 Å². The topological polar surface area (TPSA) is 32.3 Å². The summed E-state index contributed by atoms with van der Waals surface area (Å²) >= 11 is 5.84. The third kappa shape index (κ3) is 27.2. The summed E-state index contributed by atoms with van der Waals surface area (Å²) in [5, 5.41) is 0. The van der Waals surface area contributed by atoms with Gasteiger partial charge in [-0.15, -0.1) is 11.4 Å².